The summed E-state index contributed by atoms with van der Waals surface area (Å²) in [4.78, 5) is 31.5. The summed E-state index contributed by atoms with van der Waals surface area (Å²) in [5.41, 5.74) is 1.84. The Kier molecular flexibility index (Phi) is 5.18. The SMILES string of the molecule is CN1C(=O)c2cccnc2Sc2cc(NC(=O)COc3ccc(F)cc3)ccc21. The zero-order chi connectivity index (χ0) is 20.4. The molecular formula is C21H16FN3O3S. The van der Waals surface area contributed by atoms with E-state index in [-0.39, 0.29) is 24.2 Å². The average molecular weight is 409 g/mol. The van der Waals surface area contributed by atoms with Gasteiger partial charge in [-0.25, -0.2) is 9.37 Å². The molecule has 0 bridgehead atoms. The molecule has 8 heteroatoms. The number of hydrogen-bond donors (Lipinski definition) is 1. The number of carbonyl (C=O) groups is 2. The lowest BCUT2D eigenvalue weighted by Gasteiger charge is -2.18. The molecule has 0 radical (unpaired) electrons. The monoisotopic (exact) mass is 409 g/mol. The van der Waals surface area contributed by atoms with Crippen LogP contribution < -0.4 is 15.0 Å². The first-order chi connectivity index (χ1) is 14.0. The molecule has 2 heterocycles. The molecule has 1 aliphatic rings. The van der Waals surface area contributed by atoms with Gasteiger partial charge in [0.2, 0.25) is 0 Å². The fraction of sp³-hybridized carbons (Fsp3) is 0.0952. The fourth-order valence-corrected chi connectivity index (χ4v) is 3.94. The summed E-state index contributed by atoms with van der Waals surface area (Å²) in [5, 5.41) is 3.39. The summed E-state index contributed by atoms with van der Waals surface area (Å²) in [5.74, 6) is -0.453. The summed E-state index contributed by atoms with van der Waals surface area (Å²) in [7, 11) is 1.71. The normalized spacial score (nSPS) is 12.6. The molecule has 2 aromatic carbocycles. The van der Waals surface area contributed by atoms with Crippen LogP contribution in [0.2, 0.25) is 0 Å². The standard InChI is InChI=1S/C21H16FN3O3S/c1-25-17-9-6-14(24-19(26)12-28-15-7-4-13(22)5-8-15)11-18(17)29-20-16(21(25)27)3-2-10-23-20/h2-11H,12H2,1H3,(H,24,26). The molecule has 6 nitrogen and oxygen atoms in total. The van der Waals surface area contributed by atoms with Gasteiger partial charge < -0.3 is 15.0 Å². The van der Waals surface area contributed by atoms with Crippen molar-refractivity contribution >= 4 is 35.0 Å². The number of ether oxygens (including phenoxy) is 1. The summed E-state index contributed by atoms with van der Waals surface area (Å²) >= 11 is 1.37. The predicted molar refractivity (Wildman–Crippen MR) is 108 cm³/mol. The minimum atomic E-state index is -0.371. The van der Waals surface area contributed by atoms with Crippen molar-refractivity contribution in [2.24, 2.45) is 0 Å². The third-order valence-corrected chi connectivity index (χ3v) is 5.37. The van der Waals surface area contributed by atoms with Gasteiger partial charge in [-0.05, 0) is 54.6 Å². The Labute approximate surface area is 170 Å². The van der Waals surface area contributed by atoms with Crippen molar-refractivity contribution in [3.63, 3.8) is 0 Å². The molecule has 29 heavy (non-hydrogen) atoms. The second-order valence-corrected chi connectivity index (χ2v) is 7.33. The number of rotatable bonds is 4. The number of carbonyl (C=O) groups excluding carboxylic acids is 2. The maximum atomic E-state index is 12.9. The van der Waals surface area contributed by atoms with Gasteiger partial charge in [-0.3, -0.25) is 9.59 Å². The van der Waals surface area contributed by atoms with Gasteiger partial charge in [0.1, 0.15) is 16.6 Å². The van der Waals surface area contributed by atoms with Crippen LogP contribution in [0.15, 0.2) is 70.7 Å². The van der Waals surface area contributed by atoms with Crippen LogP contribution in [0.1, 0.15) is 10.4 Å². The van der Waals surface area contributed by atoms with Crippen molar-refractivity contribution < 1.29 is 18.7 Å². The minimum absolute atomic E-state index is 0.135. The van der Waals surface area contributed by atoms with Gasteiger partial charge in [0.05, 0.1) is 11.3 Å². The number of anilines is 2. The molecule has 0 atom stereocenters. The molecule has 0 aliphatic carbocycles. The first kappa shape index (κ1) is 18.9. The largest absolute Gasteiger partial charge is 0.484 e. The van der Waals surface area contributed by atoms with E-state index in [1.807, 2.05) is 0 Å². The molecule has 0 fully saturated rings. The number of aromatic nitrogens is 1. The molecule has 1 aliphatic heterocycles. The molecule has 1 aromatic heterocycles. The molecule has 0 unspecified atom stereocenters. The van der Waals surface area contributed by atoms with E-state index in [9.17, 15) is 14.0 Å². The summed E-state index contributed by atoms with van der Waals surface area (Å²) in [6, 6.07) is 14.2. The maximum Gasteiger partial charge on any atom is 0.262 e. The lowest BCUT2D eigenvalue weighted by Crippen LogP contribution is -2.26. The summed E-state index contributed by atoms with van der Waals surface area (Å²) in [6.07, 6.45) is 1.64. The molecule has 0 spiro atoms. The average Bonchev–Trinajstić information content (AvgIpc) is 2.82. The number of fused-ring (bicyclic) bond motifs is 2. The molecule has 1 N–H and O–H groups in total. The topological polar surface area (TPSA) is 71.5 Å². The van der Waals surface area contributed by atoms with E-state index in [4.69, 9.17) is 4.74 Å². The van der Waals surface area contributed by atoms with E-state index in [1.54, 1.807) is 48.5 Å². The second-order valence-electron chi connectivity index (χ2n) is 6.30. The number of benzene rings is 2. The van der Waals surface area contributed by atoms with E-state index in [0.717, 1.165) is 10.6 Å². The number of halogens is 1. The van der Waals surface area contributed by atoms with Gasteiger partial charge in [-0.15, -0.1) is 0 Å². The van der Waals surface area contributed by atoms with Crippen molar-refractivity contribution in [1.29, 1.82) is 0 Å². The quantitative estimate of drug-likeness (QED) is 0.706. The van der Waals surface area contributed by atoms with Crippen molar-refractivity contribution in [3.8, 4) is 5.75 Å². The van der Waals surface area contributed by atoms with Crippen LogP contribution in [0.4, 0.5) is 15.8 Å². The highest BCUT2D eigenvalue weighted by Crippen LogP contribution is 2.40. The van der Waals surface area contributed by atoms with Gasteiger partial charge >= 0.3 is 0 Å². The molecule has 0 saturated heterocycles. The van der Waals surface area contributed by atoms with E-state index in [2.05, 4.69) is 10.3 Å². The molecule has 0 saturated carbocycles. The summed E-state index contributed by atoms with van der Waals surface area (Å²) in [6.45, 7) is -0.210. The van der Waals surface area contributed by atoms with Crippen LogP contribution in [0.3, 0.4) is 0 Å². The van der Waals surface area contributed by atoms with Gasteiger partial charge in [-0.2, -0.15) is 0 Å². The molecular weight excluding hydrogens is 393 g/mol. The van der Waals surface area contributed by atoms with Gasteiger partial charge in [-0.1, -0.05) is 11.8 Å². The predicted octanol–water partition coefficient (Wildman–Crippen LogP) is 3.98. The van der Waals surface area contributed by atoms with Gasteiger partial charge in [0, 0.05) is 23.8 Å². The zero-order valence-corrected chi connectivity index (χ0v) is 16.2. The van der Waals surface area contributed by atoms with Gasteiger partial charge in [0.25, 0.3) is 11.8 Å². The van der Waals surface area contributed by atoms with Crippen LogP contribution in [-0.2, 0) is 4.79 Å². The van der Waals surface area contributed by atoms with E-state index >= 15 is 0 Å². The highest BCUT2D eigenvalue weighted by molar-refractivity contribution is 7.99. The number of nitrogens with one attached hydrogen (secondary N) is 1. The minimum Gasteiger partial charge on any atom is -0.484 e. The Hall–Kier alpha value is -3.39. The lowest BCUT2D eigenvalue weighted by atomic mass is 10.2. The fourth-order valence-electron chi connectivity index (χ4n) is 2.86. The number of amides is 2. The number of pyridine rings is 1. The Balaban J connectivity index is 1.49. The van der Waals surface area contributed by atoms with Crippen LogP contribution in [0, 0.1) is 5.82 Å². The summed E-state index contributed by atoms with van der Waals surface area (Å²) < 4.78 is 18.3. The van der Waals surface area contributed by atoms with Gasteiger partial charge in [0.15, 0.2) is 6.61 Å². The van der Waals surface area contributed by atoms with Crippen LogP contribution in [0.5, 0.6) is 5.75 Å². The van der Waals surface area contributed by atoms with E-state index in [1.165, 1.54) is 36.0 Å². The van der Waals surface area contributed by atoms with Crippen LogP contribution in [-0.4, -0.2) is 30.5 Å². The van der Waals surface area contributed by atoms with E-state index in [0.29, 0.717) is 22.0 Å². The second kappa shape index (κ2) is 7.92. The Morgan fingerprint density at radius 1 is 1.21 bits per heavy atom. The smallest absolute Gasteiger partial charge is 0.262 e. The molecule has 4 rings (SSSR count). The van der Waals surface area contributed by atoms with Crippen molar-refractivity contribution in [3.05, 3.63) is 72.2 Å². The van der Waals surface area contributed by atoms with Crippen molar-refractivity contribution in [2.75, 3.05) is 23.9 Å². The Bertz CT molecular complexity index is 1090. The molecule has 2 amide bonds. The highest BCUT2D eigenvalue weighted by atomic mass is 32.2. The molecule has 146 valence electrons. The Morgan fingerprint density at radius 2 is 2.00 bits per heavy atom. The van der Waals surface area contributed by atoms with Crippen molar-refractivity contribution in [2.45, 2.75) is 9.92 Å². The van der Waals surface area contributed by atoms with Crippen LogP contribution >= 0.6 is 11.8 Å². The Morgan fingerprint density at radius 3 is 2.79 bits per heavy atom. The molecule has 3 aromatic rings. The number of hydrogen-bond acceptors (Lipinski definition) is 5. The third kappa shape index (κ3) is 4.07. The maximum absolute atomic E-state index is 12.9. The van der Waals surface area contributed by atoms with Crippen LogP contribution in [0.25, 0.3) is 0 Å². The van der Waals surface area contributed by atoms with E-state index < -0.39 is 0 Å². The zero-order valence-electron chi connectivity index (χ0n) is 15.4. The lowest BCUT2D eigenvalue weighted by molar-refractivity contribution is -0.118. The first-order valence-electron chi connectivity index (χ1n) is 8.74. The third-order valence-electron chi connectivity index (χ3n) is 4.30. The van der Waals surface area contributed by atoms with Crippen molar-refractivity contribution in [1.82, 2.24) is 4.98 Å². The highest BCUT2D eigenvalue weighted by Gasteiger charge is 2.25. The first-order valence-corrected chi connectivity index (χ1v) is 9.56. The number of nitrogens with zero attached hydrogens (tertiary/aromatic N) is 2.